The van der Waals surface area contributed by atoms with Crippen LogP contribution in [-0.4, -0.2) is 13.3 Å². The summed E-state index contributed by atoms with van der Waals surface area (Å²) in [6.45, 7) is 2.18. The van der Waals surface area contributed by atoms with E-state index in [-0.39, 0.29) is 0 Å². The highest BCUT2D eigenvalue weighted by Crippen LogP contribution is 2.35. The molecule has 0 fully saturated rings. The van der Waals surface area contributed by atoms with Crippen molar-refractivity contribution in [1.82, 2.24) is 13.3 Å². The van der Waals surface area contributed by atoms with Gasteiger partial charge < -0.3 is 0 Å². The van der Waals surface area contributed by atoms with E-state index in [1.165, 1.54) is 22.2 Å². The summed E-state index contributed by atoms with van der Waals surface area (Å²) in [5.74, 6) is 1.14. The molecule has 29 heavy (non-hydrogen) atoms. The van der Waals surface area contributed by atoms with Gasteiger partial charge in [-0.15, -0.1) is 0 Å². The lowest BCUT2D eigenvalue weighted by Gasteiger charge is -2.07. The molecular formula is C24H19N4S+. The predicted octanol–water partition coefficient (Wildman–Crippen LogP) is 5.29. The molecule has 140 valence electrons. The zero-order chi connectivity index (χ0) is 19.5. The van der Waals surface area contributed by atoms with Crippen molar-refractivity contribution < 1.29 is 4.57 Å². The smallest absolute Gasteiger partial charge is 0.247 e. The summed E-state index contributed by atoms with van der Waals surface area (Å²) in [7, 11) is 2.15. The quantitative estimate of drug-likeness (QED) is 0.366. The fourth-order valence-corrected chi connectivity index (χ4v) is 5.10. The van der Waals surface area contributed by atoms with E-state index in [1.54, 1.807) is 11.5 Å². The Bertz CT molecular complexity index is 1520. The lowest BCUT2D eigenvalue weighted by molar-refractivity contribution is -0.633. The van der Waals surface area contributed by atoms with Crippen molar-refractivity contribution in [2.24, 2.45) is 7.05 Å². The number of imidazole rings is 2. The molecule has 3 aromatic carbocycles. The Labute approximate surface area is 172 Å². The highest BCUT2D eigenvalue weighted by atomic mass is 32.1. The lowest BCUT2D eigenvalue weighted by Crippen LogP contribution is -2.30. The minimum atomic E-state index is 1.00. The highest BCUT2D eigenvalue weighted by Gasteiger charge is 2.29. The molecule has 3 aromatic heterocycles. The van der Waals surface area contributed by atoms with Crippen molar-refractivity contribution in [1.29, 1.82) is 0 Å². The molecule has 6 rings (SSSR count). The van der Waals surface area contributed by atoms with Gasteiger partial charge in [-0.25, -0.2) is 13.3 Å². The Hall–Kier alpha value is -3.44. The molecule has 0 aliphatic rings. The van der Waals surface area contributed by atoms with Gasteiger partial charge in [-0.2, -0.15) is 4.57 Å². The number of aromatic nitrogens is 4. The molecule has 0 unspecified atom stereocenters. The standard InChI is InChI=1S/C24H19N4S/c1-16-12-13-20-23(25-21-14-15-29-28(20)21)22(16)24-26(2)18-10-6-7-11-19(18)27(24)17-8-4-3-5-9-17/h3-15H,1-2H3/q+1. The van der Waals surface area contributed by atoms with E-state index < -0.39 is 0 Å². The number of aryl methyl sites for hydroxylation is 2. The van der Waals surface area contributed by atoms with Gasteiger partial charge in [0.05, 0.1) is 18.1 Å². The summed E-state index contributed by atoms with van der Waals surface area (Å²) >= 11 is 1.68. The summed E-state index contributed by atoms with van der Waals surface area (Å²) in [6, 6.07) is 25.6. The third kappa shape index (κ3) is 2.25. The van der Waals surface area contributed by atoms with Crippen molar-refractivity contribution in [3.05, 3.63) is 83.7 Å². The lowest BCUT2D eigenvalue weighted by atomic mass is 10.1. The van der Waals surface area contributed by atoms with E-state index in [1.807, 2.05) is 0 Å². The zero-order valence-electron chi connectivity index (χ0n) is 16.2. The number of fused-ring (bicyclic) bond motifs is 4. The van der Waals surface area contributed by atoms with Crippen molar-refractivity contribution in [3.8, 4) is 17.1 Å². The first-order valence-electron chi connectivity index (χ1n) is 9.65. The van der Waals surface area contributed by atoms with Gasteiger partial charge in [0.1, 0.15) is 16.9 Å². The highest BCUT2D eigenvalue weighted by molar-refractivity contribution is 7.05. The molecule has 4 nitrogen and oxygen atoms in total. The van der Waals surface area contributed by atoms with Gasteiger partial charge in [-0.1, -0.05) is 47.9 Å². The Kier molecular flexibility index (Phi) is 3.43. The molecule has 0 aliphatic heterocycles. The van der Waals surface area contributed by atoms with Gasteiger partial charge in [-0.05, 0) is 48.9 Å². The van der Waals surface area contributed by atoms with Crippen molar-refractivity contribution in [3.63, 3.8) is 0 Å². The number of benzene rings is 3. The van der Waals surface area contributed by atoms with Crippen LogP contribution in [0.5, 0.6) is 0 Å². The van der Waals surface area contributed by atoms with Crippen LogP contribution >= 0.6 is 11.5 Å². The van der Waals surface area contributed by atoms with E-state index in [9.17, 15) is 0 Å². The van der Waals surface area contributed by atoms with Crippen molar-refractivity contribution >= 4 is 39.2 Å². The topological polar surface area (TPSA) is 26.1 Å². The number of hydrogen-bond donors (Lipinski definition) is 0. The first kappa shape index (κ1) is 16.5. The molecule has 6 aromatic rings. The first-order chi connectivity index (χ1) is 14.2. The summed E-state index contributed by atoms with van der Waals surface area (Å²) in [6.07, 6.45) is 0. The first-order valence-corrected chi connectivity index (χ1v) is 10.5. The fraction of sp³-hybridized carbons (Fsp3) is 0.0833. The molecule has 0 amide bonds. The van der Waals surface area contributed by atoms with Crippen LogP contribution in [0.15, 0.2) is 78.2 Å². The van der Waals surface area contributed by atoms with Gasteiger partial charge in [-0.3, -0.25) is 0 Å². The average Bonchev–Trinajstić information content (AvgIpc) is 3.41. The Morgan fingerprint density at radius 2 is 1.66 bits per heavy atom. The maximum Gasteiger partial charge on any atom is 0.297 e. The average molecular weight is 396 g/mol. The van der Waals surface area contributed by atoms with E-state index in [4.69, 9.17) is 4.98 Å². The molecule has 3 heterocycles. The maximum atomic E-state index is 5.01. The molecule has 0 radical (unpaired) electrons. The van der Waals surface area contributed by atoms with Crippen LogP contribution in [0.2, 0.25) is 0 Å². The van der Waals surface area contributed by atoms with Crippen LogP contribution in [0, 0.1) is 6.92 Å². The van der Waals surface area contributed by atoms with Crippen LogP contribution in [0.3, 0.4) is 0 Å². The molecule has 0 saturated carbocycles. The number of para-hydroxylation sites is 3. The van der Waals surface area contributed by atoms with Gasteiger partial charge in [0.2, 0.25) is 0 Å². The largest absolute Gasteiger partial charge is 0.297 e. The second-order valence-electron chi connectivity index (χ2n) is 7.34. The third-order valence-electron chi connectivity index (χ3n) is 5.65. The van der Waals surface area contributed by atoms with Crippen LogP contribution in [-0.2, 0) is 7.05 Å². The summed E-state index contributed by atoms with van der Waals surface area (Å²) in [5.41, 5.74) is 9.14. The van der Waals surface area contributed by atoms with Gasteiger partial charge >= 0.3 is 0 Å². The molecule has 0 aliphatic carbocycles. The minimum Gasteiger partial charge on any atom is -0.247 e. The van der Waals surface area contributed by atoms with E-state index in [2.05, 4.69) is 105 Å². The third-order valence-corrected chi connectivity index (χ3v) is 6.51. The molecular weight excluding hydrogens is 376 g/mol. The Morgan fingerprint density at radius 3 is 2.52 bits per heavy atom. The van der Waals surface area contributed by atoms with Crippen molar-refractivity contribution in [2.45, 2.75) is 6.92 Å². The van der Waals surface area contributed by atoms with Gasteiger partial charge in [0.15, 0.2) is 11.0 Å². The maximum absolute atomic E-state index is 5.01. The summed E-state index contributed by atoms with van der Waals surface area (Å²) in [4.78, 5) is 5.01. The van der Waals surface area contributed by atoms with Gasteiger partial charge in [0, 0.05) is 5.38 Å². The van der Waals surface area contributed by atoms with E-state index >= 15 is 0 Å². The number of rotatable bonds is 2. The van der Waals surface area contributed by atoms with Crippen LogP contribution in [0.1, 0.15) is 5.56 Å². The normalized spacial score (nSPS) is 11.8. The molecule has 0 atom stereocenters. The van der Waals surface area contributed by atoms with Crippen LogP contribution in [0.25, 0.3) is 44.8 Å². The monoisotopic (exact) mass is 395 g/mol. The molecule has 0 N–H and O–H groups in total. The minimum absolute atomic E-state index is 1.00. The molecule has 5 heteroatoms. The zero-order valence-corrected chi connectivity index (χ0v) is 17.0. The molecule has 0 saturated heterocycles. The second kappa shape index (κ2) is 6.03. The molecule has 0 bridgehead atoms. The van der Waals surface area contributed by atoms with Crippen molar-refractivity contribution in [2.75, 3.05) is 0 Å². The number of hydrogen-bond acceptors (Lipinski definition) is 2. The molecule has 0 spiro atoms. The van der Waals surface area contributed by atoms with Crippen LogP contribution in [0.4, 0.5) is 0 Å². The summed E-state index contributed by atoms with van der Waals surface area (Å²) < 4.78 is 6.84. The Morgan fingerprint density at radius 1 is 0.862 bits per heavy atom. The number of nitrogens with zero attached hydrogens (tertiary/aromatic N) is 4. The fourth-order valence-electron chi connectivity index (χ4n) is 4.32. The van der Waals surface area contributed by atoms with E-state index in [0.717, 1.165) is 28.2 Å². The predicted molar refractivity (Wildman–Crippen MR) is 119 cm³/mol. The van der Waals surface area contributed by atoms with E-state index in [0.29, 0.717) is 0 Å². The second-order valence-corrected chi connectivity index (χ2v) is 8.19. The van der Waals surface area contributed by atoms with Crippen LogP contribution < -0.4 is 4.57 Å². The Balaban J connectivity index is 1.82. The SMILES string of the molecule is Cc1ccc2c(nc3ccsn32)c1-c1n(-c2ccccc2)c2ccccc2[n+]1C. The van der Waals surface area contributed by atoms with Gasteiger partial charge in [0.25, 0.3) is 5.82 Å². The summed E-state index contributed by atoms with van der Waals surface area (Å²) in [5, 5.41) is 2.09.